The zero-order valence-corrected chi connectivity index (χ0v) is 16.2. The number of nitrogens with zero attached hydrogens (tertiary/aromatic N) is 3. The van der Waals surface area contributed by atoms with E-state index in [9.17, 15) is 22.4 Å². The van der Waals surface area contributed by atoms with Crippen molar-refractivity contribution in [3.05, 3.63) is 41.3 Å². The molecule has 1 heterocycles. The number of carbonyl (C=O) groups excluding carboxylic acids is 1. The first kappa shape index (κ1) is 22.3. The summed E-state index contributed by atoms with van der Waals surface area (Å²) in [5.41, 5.74) is -1.09. The molecule has 0 unspecified atom stereocenters. The standard InChI is InChI=1S/C18H22F4N6O/c1-11-9-15(23-7-4-8-28(2)3)26-16(24-11)27-17(29)25-12-5-6-14(19)13(10-12)18(20,21)22/h5-6,9-10H,4,7-8H2,1-3H3,(H3,23,24,25,26,27,29). The fourth-order valence-corrected chi connectivity index (χ4v) is 2.41. The summed E-state index contributed by atoms with van der Waals surface area (Å²) < 4.78 is 51.7. The highest BCUT2D eigenvalue weighted by molar-refractivity contribution is 5.98. The number of aryl methyl sites for hydroxylation is 1. The summed E-state index contributed by atoms with van der Waals surface area (Å²) in [5, 5.41) is 7.69. The van der Waals surface area contributed by atoms with Crippen molar-refractivity contribution in [3.8, 4) is 0 Å². The number of aromatic nitrogens is 2. The van der Waals surface area contributed by atoms with Crippen LogP contribution in [0.1, 0.15) is 17.7 Å². The minimum atomic E-state index is -4.87. The van der Waals surface area contributed by atoms with Crippen molar-refractivity contribution in [1.82, 2.24) is 14.9 Å². The van der Waals surface area contributed by atoms with E-state index in [2.05, 4.69) is 25.9 Å². The Morgan fingerprint density at radius 3 is 2.52 bits per heavy atom. The number of nitrogens with one attached hydrogen (secondary N) is 3. The first-order valence-electron chi connectivity index (χ1n) is 8.73. The van der Waals surface area contributed by atoms with E-state index >= 15 is 0 Å². The van der Waals surface area contributed by atoms with Crippen LogP contribution in [0.3, 0.4) is 0 Å². The second-order valence-corrected chi connectivity index (χ2v) is 6.57. The number of hydrogen-bond acceptors (Lipinski definition) is 5. The number of urea groups is 1. The van der Waals surface area contributed by atoms with Crippen LogP contribution in [0.4, 0.5) is 39.8 Å². The predicted octanol–water partition coefficient (Wildman–Crippen LogP) is 3.95. The molecule has 7 nitrogen and oxygen atoms in total. The Labute approximate surface area is 165 Å². The van der Waals surface area contributed by atoms with Crippen LogP contribution in [-0.4, -0.2) is 48.1 Å². The van der Waals surface area contributed by atoms with Gasteiger partial charge in [-0.2, -0.15) is 18.2 Å². The van der Waals surface area contributed by atoms with Gasteiger partial charge in [0, 0.05) is 24.0 Å². The molecule has 0 bridgehead atoms. The Kier molecular flexibility index (Phi) is 7.32. The van der Waals surface area contributed by atoms with Crippen LogP contribution in [-0.2, 0) is 6.18 Å². The van der Waals surface area contributed by atoms with Crippen molar-refractivity contribution in [3.63, 3.8) is 0 Å². The molecule has 29 heavy (non-hydrogen) atoms. The Morgan fingerprint density at radius 1 is 1.14 bits per heavy atom. The molecule has 11 heteroatoms. The fraction of sp³-hybridized carbons (Fsp3) is 0.389. The van der Waals surface area contributed by atoms with E-state index in [-0.39, 0.29) is 11.6 Å². The number of anilines is 3. The molecule has 0 saturated heterocycles. The van der Waals surface area contributed by atoms with Gasteiger partial charge in [-0.3, -0.25) is 5.32 Å². The van der Waals surface area contributed by atoms with E-state index in [0.717, 1.165) is 19.0 Å². The minimum Gasteiger partial charge on any atom is -0.370 e. The third-order valence-electron chi connectivity index (χ3n) is 3.70. The van der Waals surface area contributed by atoms with Gasteiger partial charge in [0.15, 0.2) is 0 Å². The van der Waals surface area contributed by atoms with Gasteiger partial charge in [0.25, 0.3) is 0 Å². The Balaban J connectivity index is 2.02. The van der Waals surface area contributed by atoms with E-state index in [1.165, 1.54) is 0 Å². The van der Waals surface area contributed by atoms with Crippen LogP contribution in [0, 0.1) is 12.7 Å². The highest BCUT2D eigenvalue weighted by Gasteiger charge is 2.34. The highest BCUT2D eigenvalue weighted by atomic mass is 19.4. The number of rotatable bonds is 7. The van der Waals surface area contributed by atoms with Gasteiger partial charge in [-0.15, -0.1) is 0 Å². The lowest BCUT2D eigenvalue weighted by Gasteiger charge is -2.13. The van der Waals surface area contributed by atoms with Crippen molar-refractivity contribution in [2.24, 2.45) is 0 Å². The average molecular weight is 414 g/mol. The van der Waals surface area contributed by atoms with Crippen LogP contribution in [0.2, 0.25) is 0 Å². The van der Waals surface area contributed by atoms with Crippen LogP contribution in [0.25, 0.3) is 0 Å². The van der Waals surface area contributed by atoms with Crippen molar-refractivity contribution in [1.29, 1.82) is 0 Å². The molecule has 2 aromatic rings. The van der Waals surface area contributed by atoms with Crippen LogP contribution in [0.15, 0.2) is 24.3 Å². The molecule has 0 fully saturated rings. The summed E-state index contributed by atoms with van der Waals surface area (Å²) in [6.07, 6.45) is -3.99. The number of carbonyl (C=O) groups is 1. The summed E-state index contributed by atoms with van der Waals surface area (Å²) >= 11 is 0. The van der Waals surface area contributed by atoms with Gasteiger partial charge in [0.2, 0.25) is 5.95 Å². The number of amides is 2. The van der Waals surface area contributed by atoms with Gasteiger partial charge >= 0.3 is 12.2 Å². The molecule has 0 aliphatic heterocycles. The molecular weight excluding hydrogens is 392 g/mol. The molecule has 0 radical (unpaired) electrons. The predicted molar refractivity (Wildman–Crippen MR) is 102 cm³/mol. The molecule has 0 saturated carbocycles. The smallest absolute Gasteiger partial charge is 0.370 e. The Hall–Kier alpha value is -2.95. The summed E-state index contributed by atoms with van der Waals surface area (Å²) in [6, 6.07) is 3.03. The summed E-state index contributed by atoms with van der Waals surface area (Å²) in [4.78, 5) is 22.4. The van der Waals surface area contributed by atoms with Gasteiger partial charge in [0.05, 0.1) is 5.56 Å². The summed E-state index contributed by atoms with van der Waals surface area (Å²) in [6.45, 7) is 3.27. The molecule has 2 rings (SSSR count). The van der Waals surface area contributed by atoms with Crippen LogP contribution in [0.5, 0.6) is 0 Å². The first-order valence-corrected chi connectivity index (χ1v) is 8.73. The van der Waals surface area contributed by atoms with Crippen LogP contribution >= 0.6 is 0 Å². The summed E-state index contributed by atoms with van der Waals surface area (Å²) in [7, 11) is 3.93. The lowest BCUT2D eigenvalue weighted by atomic mass is 10.2. The minimum absolute atomic E-state index is 0.0178. The molecule has 0 spiro atoms. The topological polar surface area (TPSA) is 82.2 Å². The van der Waals surface area contributed by atoms with E-state index < -0.39 is 23.6 Å². The largest absolute Gasteiger partial charge is 0.419 e. The first-order chi connectivity index (χ1) is 13.5. The molecule has 0 atom stereocenters. The highest BCUT2D eigenvalue weighted by Crippen LogP contribution is 2.33. The Bertz CT molecular complexity index is 857. The van der Waals surface area contributed by atoms with Gasteiger partial charge in [0.1, 0.15) is 11.6 Å². The third kappa shape index (κ3) is 7.18. The fourth-order valence-electron chi connectivity index (χ4n) is 2.41. The van der Waals surface area contributed by atoms with Crippen molar-refractivity contribution in [2.45, 2.75) is 19.5 Å². The molecule has 1 aromatic heterocycles. The number of benzene rings is 1. The number of hydrogen-bond donors (Lipinski definition) is 3. The van der Waals surface area contributed by atoms with E-state index in [4.69, 9.17) is 0 Å². The second-order valence-electron chi connectivity index (χ2n) is 6.57. The lowest BCUT2D eigenvalue weighted by molar-refractivity contribution is -0.139. The zero-order valence-electron chi connectivity index (χ0n) is 16.2. The third-order valence-corrected chi connectivity index (χ3v) is 3.70. The van der Waals surface area contributed by atoms with Gasteiger partial charge in [-0.1, -0.05) is 0 Å². The lowest BCUT2D eigenvalue weighted by Crippen LogP contribution is -2.22. The SMILES string of the molecule is Cc1cc(NCCCN(C)C)nc(NC(=O)Nc2ccc(F)c(C(F)(F)F)c2)n1. The summed E-state index contributed by atoms with van der Waals surface area (Å²) in [5.74, 6) is -0.932. The van der Waals surface area contributed by atoms with E-state index in [0.29, 0.717) is 30.2 Å². The maximum atomic E-state index is 13.3. The second kappa shape index (κ2) is 9.50. The quantitative estimate of drug-likeness (QED) is 0.472. The molecular formula is C18H22F4N6O. The van der Waals surface area contributed by atoms with Gasteiger partial charge in [-0.05, 0) is 52.2 Å². The molecule has 1 aromatic carbocycles. The zero-order chi connectivity index (χ0) is 21.6. The van der Waals surface area contributed by atoms with Gasteiger partial charge < -0.3 is 15.5 Å². The van der Waals surface area contributed by atoms with E-state index in [1.54, 1.807) is 13.0 Å². The number of halogens is 4. The average Bonchev–Trinajstić information content (AvgIpc) is 2.58. The van der Waals surface area contributed by atoms with Crippen molar-refractivity contribution in [2.75, 3.05) is 43.1 Å². The molecule has 0 aliphatic rings. The molecule has 2 amide bonds. The van der Waals surface area contributed by atoms with Crippen molar-refractivity contribution >= 4 is 23.5 Å². The normalized spacial score (nSPS) is 11.4. The molecule has 0 aliphatic carbocycles. The van der Waals surface area contributed by atoms with E-state index in [1.807, 2.05) is 19.0 Å². The molecule has 158 valence electrons. The van der Waals surface area contributed by atoms with Crippen molar-refractivity contribution < 1.29 is 22.4 Å². The number of alkyl halides is 3. The molecule has 3 N–H and O–H groups in total. The Morgan fingerprint density at radius 2 is 1.86 bits per heavy atom. The maximum Gasteiger partial charge on any atom is 0.419 e. The monoisotopic (exact) mass is 414 g/mol. The van der Waals surface area contributed by atoms with Crippen LogP contribution < -0.4 is 16.0 Å². The maximum absolute atomic E-state index is 13.3. The van der Waals surface area contributed by atoms with Gasteiger partial charge in [-0.25, -0.2) is 14.2 Å².